The normalized spacial score (nSPS) is 17.5. The molecule has 2 aliphatic rings. The lowest BCUT2D eigenvalue weighted by molar-refractivity contribution is 0.0738. The van der Waals surface area contributed by atoms with Crippen molar-refractivity contribution in [2.45, 2.75) is 25.7 Å². The van der Waals surface area contributed by atoms with E-state index in [1.165, 1.54) is 32.4 Å². The Morgan fingerprint density at radius 1 is 0.909 bits per heavy atom. The van der Waals surface area contributed by atoms with E-state index in [9.17, 15) is 4.79 Å². The highest BCUT2D eigenvalue weighted by Crippen LogP contribution is 2.23. The molecule has 2 fully saturated rings. The number of para-hydroxylation sites is 1. The smallest absolute Gasteiger partial charge is 0.276 e. The maximum Gasteiger partial charge on any atom is 0.276 e. The highest BCUT2D eigenvalue weighted by atomic mass is 16.5. The van der Waals surface area contributed by atoms with E-state index in [0.29, 0.717) is 24.4 Å². The molecule has 0 spiro atoms. The van der Waals surface area contributed by atoms with E-state index in [-0.39, 0.29) is 5.91 Å². The topological polar surface area (TPSA) is 62.1 Å². The summed E-state index contributed by atoms with van der Waals surface area (Å²) in [5.41, 5.74) is 2.21. The molecule has 7 heteroatoms. The Morgan fingerprint density at radius 3 is 2.45 bits per heavy atom. The van der Waals surface area contributed by atoms with Gasteiger partial charge in [0.15, 0.2) is 11.3 Å². The van der Waals surface area contributed by atoms with Gasteiger partial charge < -0.3 is 24.0 Å². The number of hydrogen-bond donors (Lipinski definition) is 0. The number of aromatic nitrogens is 1. The molecule has 5 rings (SSSR count). The van der Waals surface area contributed by atoms with E-state index in [2.05, 4.69) is 39.2 Å². The molecule has 33 heavy (non-hydrogen) atoms. The minimum absolute atomic E-state index is 0.0621. The number of benzene rings is 2. The third kappa shape index (κ3) is 5.14. The summed E-state index contributed by atoms with van der Waals surface area (Å²) in [6.07, 6.45) is 5.12. The first kappa shape index (κ1) is 21.8. The summed E-state index contributed by atoms with van der Waals surface area (Å²) in [5, 5.41) is 4.79. The molecule has 3 aromatic rings. The number of anilines is 1. The third-order valence-electron chi connectivity index (χ3n) is 6.68. The number of piperazine rings is 1. The molecule has 174 valence electrons. The number of piperidine rings is 1. The van der Waals surface area contributed by atoms with Gasteiger partial charge in [-0.25, -0.2) is 0 Å². The fraction of sp³-hybridized carbons (Fsp3) is 0.462. The van der Waals surface area contributed by atoms with E-state index >= 15 is 0 Å². The monoisotopic (exact) mass is 448 g/mol. The van der Waals surface area contributed by atoms with Crippen LogP contribution in [0.5, 0.6) is 5.75 Å². The van der Waals surface area contributed by atoms with Crippen molar-refractivity contribution in [1.29, 1.82) is 0 Å². The highest BCUT2D eigenvalue weighted by molar-refractivity contribution is 6.04. The molecule has 0 bridgehead atoms. The van der Waals surface area contributed by atoms with Crippen LogP contribution in [0.15, 0.2) is 53.1 Å². The van der Waals surface area contributed by atoms with Crippen molar-refractivity contribution in [3.63, 3.8) is 0 Å². The standard InChI is InChI=1S/C26H32N4O3/c31-26(25-23-7-2-3-8-24(23)33-27-25)30-18-16-29(17-19-30)21-9-11-22(12-10-21)32-20-6-15-28-13-4-1-5-14-28/h2-3,7-12H,1,4-6,13-20H2. The molecule has 3 heterocycles. The molecule has 1 aromatic heterocycles. The third-order valence-corrected chi connectivity index (χ3v) is 6.68. The maximum atomic E-state index is 13.0. The predicted molar refractivity (Wildman–Crippen MR) is 129 cm³/mol. The molecule has 1 amide bonds. The minimum atomic E-state index is -0.0621. The van der Waals surface area contributed by atoms with Crippen molar-refractivity contribution in [2.24, 2.45) is 0 Å². The number of hydrogen-bond acceptors (Lipinski definition) is 6. The van der Waals surface area contributed by atoms with Gasteiger partial charge in [0, 0.05) is 38.4 Å². The van der Waals surface area contributed by atoms with E-state index in [1.807, 2.05) is 29.2 Å². The van der Waals surface area contributed by atoms with E-state index in [1.54, 1.807) is 0 Å². The molecule has 2 saturated heterocycles. The summed E-state index contributed by atoms with van der Waals surface area (Å²) >= 11 is 0. The Hall–Kier alpha value is -3.06. The molecule has 2 aromatic carbocycles. The van der Waals surface area contributed by atoms with Crippen LogP contribution in [-0.2, 0) is 0 Å². The minimum Gasteiger partial charge on any atom is -0.494 e. The molecule has 7 nitrogen and oxygen atoms in total. The molecule has 0 N–H and O–H groups in total. The molecule has 0 aliphatic carbocycles. The van der Waals surface area contributed by atoms with Crippen molar-refractivity contribution in [2.75, 3.05) is 57.3 Å². The van der Waals surface area contributed by atoms with Crippen LogP contribution in [0.4, 0.5) is 5.69 Å². The van der Waals surface area contributed by atoms with Crippen LogP contribution >= 0.6 is 0 Å². The van der Waals surface area contributed by atoms with E-state index in [0.717, 1.165) is 49.5 Å². The number of rotatable bonds is 7. The van der Waals surface area contributed by atoms with Crippen LogP contribution in [0.2, 0.25) is 0 Å². The second kappa shape index (κ2) is 10.3. The maximum absolute atomic E-state index is 13.0. The number of carbonyl (C=O) groups is 1. The molecule has 0 saturated carbocycles. The number of carbonyl (C=O) groups excluding carboxylic acids is 1. The van der Waals surface area contributed by atoms with E-state index in [4.69, 9.17) is 9.26 Å². The van der Waals surface area contributed by atoms with Crippen LogP contribution in [0.1, 0.15) is 36.2 Å². The average molecular weight is 449 g/mol. The average Bonchev–Trinajstić information content (AvgIpc) is 3.32. The van der Waals surface area contributed by atoms with Crippen LogP contribution in [0.25, 0.3) is 11.0 Å². The van der Waals surface area contributed by atoms with Gasteiger partial charge in [0.2, 0.25) is 0 Å². The van der Waals surface area contributed by atoms with Gasteiger partial charge in [0.05, 0.1) is 12.0 Å². The SMILES string of the molecule is O=C(c1noc2ccccc12)N1CCN(c2ccc(OCCCN3CCCCC3)cc2)CC1. The van der Waals surface area contributed by atoms with Gasteiger partial charge in [-0.3, -0.25) is 4.79 Å². The molecule has 0 radical (unpaired) electrons. The van der Waals surface area contributed by atoms with Crippen LogP contribution in [0, 0.1) is 0 Å². The molecule has 0 atom stereocenters. The first-order valence-corrected chi connectivity index (χ1v) is 12.1. The Morgan fingerprint density at radius 2 is 1.67 bits per heavy atom. The fourth-order valence-corrected chi connectivity index (χ4v) is 4.77. The summed E-state index contributed by atoms with van der Waals surface area (Å²) in [5.74, 6) is 0.858. The van der Waals surface area contributed by atoms with Crippen molar-refractivity contribution in [3.8, 4) is 5.75 Å². The molecular formula is C26H32N4O3. The highest BCUT2D eigenvalue weighted by Gasteiger charge is 2.26. The summed E-state index contributed by atoms with van der Waals surface area (Å²) in [4.78, 5) is 19.7. The second-order valence-corrected chi connectivity index (χ2v) is 8.90. The lowest BCUT2D eigenvalue weighted by Crippen LogP contribution is -2.48. The predicted octanol–water partition coefficient (Wildman–Crippen LogP) is 4.05. The zero-order valence-corrected chi connectivity index (χ0v) is 19.1. The van der Waals surface area contributed by atoms with Crippen molar-refractivity contribution in [3.05, 3.63) is 54.2 Å². The summed E-state index contributed by atoms with van der Waals surface area (Å²) in [6, 6.07) is 15.8. The van der Waals surface area contributed by atoms with Gasteiger partial charge in [0.1, 0.15) is 5.75 Å². The van der Waals surface area contributed by atoms with Gasteiger partial charge in [-0.05, 0) is 68.8 Å². The van der Waals surface area contributed by atoms with Crippen molar-refractivity contribution >= 4 is 22.6 Å². The number of fused-ring (bicyclic) bond motifs is 1. The van der Waals surface area contributed by atoms with Gasteiger partial charge in [-0.1, -0.05) is 23.7 Å². The van der Waals surface area contributed by atoms with Crippen molar-refractivity contribution in [1.82, 2.24) is 15.0 Å². The lowest BCUT2D eigenvalue weighted by atomic mass is 10.1. The summed E-state index contributed by atoms with van der Waals surface area (Å²) in [7, 11) is 0. The van der Waals surface area contributed by atoms with Crippen LogP contribution in [0.3, 0.4) is 0 Å². The van der Waals surface area contributed by atoms with Crippen LogP contribution in [-0.4, -0.2) is 73.3 Å². The summed E-state index contributed by atoms with van der Waals surface area (Å²) < 4.78 is 11.3. The number of ether oxygens (including phenoxy) is 1. The van der Waals surface area contributed by atoms with Gasteiger partial charge in [-0.15, -0.1) is 0 Å². The quantitative estimate of drug-likeness (QED) is 0.509. The van der Waals surface area contributed by atoms with Crippen molar-refractivity contribution < 1.29 is 14.1 Å². The Bertz CT molecular complexity index is 1050. The Balaban J connectivity index is 1.09. The fourth-order valence-electron chi connectivity index (χ4n) is 4.77. The zero-order chi connectivity index (χ0) is 22.5. The zero-order valence-electron chi connectivity index (χ0n) is 19.1. The number of likely N-dealkylation sites (tertiary alicyclic amines) is 1. The van der Waals surface area contributed by atoms with Gasteiger partial charge >= 0.3 is 0 Å². The Labute approximate surface area is 194 Å². The number of nitrogens with zero attached hydrogens (tertiary/aromatic N) is 4. The van der Waals surface area contributed by atoms with Gasteiger partial charge in [-0.2, -0.15) is 0 Å². The van der Waals surface area contributed by atoms with Crippen LogP contribution < -0.4 is 9.64 Å². The second-order valence-electron chi connectivity index (χ2n) is 8.90. The Kier molecular flexibility index (Phi) is 6.76. The van der Waals surface area contributed by atoms with Gasteiger partial charge in [0.25, 0.3) is 5.91 Å². The lowest BCUT2D eigenvalue weighted by Gasteiger charge is -2.35. The molecule has 2 aliphatic heterocycles. The molecular weight excluding hydrogens is 416 g/mol. The number of amides is 1. The summed E-state index contributed by atoms with van der Waals surface area (Å²) in [6.45, 7) is 7.27. The molecule has 0 unspecified atom stereocenters. The first-order chi connectivity index (χ1) is 16.3. The largest absolute Gasteiger partial charge is 0.494 e. The van der Waals surface area contributed by atoms with E-state index < -0.39 is 0 Å². The first-order valence-electron chi connectivity index (χ1n) is 12.1.